The van der Waals surface area contributed by atoms with Gasteiger partial charge in [-0.2, -0.15) is 0 Å². The molecule has 0 radical (unpaired) electrons. The molecule has 19 heavy (non-hydrogen) atoms. The van der Waals surface area contributed by atoms with Gasteiger partial charge >= 0.3 is 0 Å². The summed E-state index contributed by atoms with van der Waals surface area (Å²) in [5.41, 5.74) is 7.24. The van der Waals surface area contributed by atoms with Crippen LogP contribution >= 0.6 is 0 Å². The van der Waals surface area contributed by atoms with Gasteiger partial charge in [0, 0.05) is 18.5 Å². The molecule has 1 aromatic rings. The van der Waals surface area contributed by atoms with Crippen LogP contribution in [0.25, 0.3) is 0 Å². The Morgan fingerprint density at radius 3 is 2.79 bits per heavy atom. The second kappa shape index (κ2) is 7.29. The monoisotopic (exact) mass is 260 g/mol. The first-order chi connectivity index (χ1) is 9.25. The molecular weight excluding hydrogens is 236 g/mol. The summed E-state index contributed by atoms with van der Waals surface area (Å²) in [5.74, 6) is 0.337. The van der Waals surface area contributed by atoms with E-state index >= 15 is 0 Å². The van der Waals surface area contributed by atoms with E-state index in [0.717, 1.165) is 45.1 Å². The normalized spacial score (nSPS) is 23.0. The summed E-state index contributed by atoms with van der Waals surface area (Å²) in [6, 6.07) is 10.6. The molecule has 2 rings (SSSR count). The lowest BCUT2D eigenvalue weighted by molar-refractivity contribution is -0.126. The zero-order chi connectivity index (χ0) is 13.5. The smallest absolute Gasteiger partial charge is 0.223 e. The van der Waals surface area contributed by atoms with Gasteiger partial charge in [-0.3, -0.25) is 4.79 Å². The topological polar surface area (TPSA) is 55.1 Å². The summed E-state index contributed by atoms with van der Waals surface area (Å²) < 4.78 is 0. The Morgan fingerprint density at radius 1 is 1.26 bits per heavy atom. The van der Waals surface area contributed by atoms with Gasteiger partial charge in [-0.25, -0.2) is 0 Å². The van der Waals surface area contributed by atoms with Crippen LogP contribution in [-0.2, 0) is 11.2 Å². The van der Waals surface area contributed by atoms with E-state index in [1.165, 1.54) is 5.56 Å². The highest BCUT2D eigenvalue weighted by Crippen LogP contribution is 2.23. The lowest BCUT2D eigenvalue weighted by atomic mass is 9.85. The van der Waals surface area contributed by atoms with Crippen molar-refractivity contribution < 1.29 is 4.79 Å². The highest BCUT2D eigenvalue weighted by atomic mass is 16.1. The molecule has 0 aromatic heterocycles. The van der Waals surface area contributed by atoms with Crippen molar-refractivity contribution >= 4 is 5.91 Å². The van der Waals surface area contributed by atoms with E-state index in [1.54, 1.807) is 0 Å². The number of hydrogen-bond donors (Lipinski definition) is 2. The van der Waals surface area contributed by atoms with Gasteiger partial charge in [0.15, 0.2) is 0 Å². The van der Waals surface area contributed by atoms with Crippen molar-refractivity contribution in [3.63, 3.8) is 0 Å². The van der Waals surface area contributed by atoms with Crippen molar-refractivity contribution in [1.29, 1.82) is 0 Å². The number of nitrogens with one attached hydrogen (secondary N) is 1. The van der Waals surface area contributed by atoms with E-state index in [4.69, 9.17) is 5.73 Å². The van der Waals surface area contributed by atoms with E-state index in [9.17, 15) is 4.79 Å². The molecule has 1 aliphatic rings. The molecule has 1 saturated carbocycles. The molecule has 2 unspecified atom stereocenters. The zero-order valence-electron chi connectivity index (χ0n) is 11.5. The maximum Gasteiger partial charge on any atom is 0.223 e. The molecule has 2 atom stereocenters. The van der Waals surface area contributed by atoms with E-state index in [-0.39, 0.29) is 17.9 Å². The average Bonchev–Trinajstić information content (AvgIpc) is 2.44. The first kappa shape index (κ1) is 14.1. The van der Waals surface area contributed by atoms with Crippen LogP contribution in [0.4, 0.5) is 0 Å². The van der Waals surface area contributed by atoms with Crippen molar-refractivity contribution in [3.05, 3.63) is 35.9 Å². The van der Waals surface area contributed by atoms with Gasteiger partial charge in [-0.15, -0.1) is 0 Å². The third-order valence-corrected chi connectivity index (χ3v) is 3.87. The number of aryl methyl sites for hydroxylation is 1. The van der Waals surface area contributed by atoms with Crippen LogP contribution in [-0.4, -0.2) is 18.5 Å². The summed E-state index contributed by atoms with van der Waals surface area (Å²) >= 11 is 0. The Labute approximate surface area is 115 Å². The van der Waals surface area contributed by atoms with Crippen molar-refractivity contribution in [2.75, 3.05) is 6.54 Å². The summed E-state index contributed by atoms with van der Waals surface area (Å²) in [5, 5.41) is 3.05. The van der Waals surface area contributed by atoms with Crippen LogP contribution in [0.3, 0.4) is 0 Å². The van der Waals surface area contributed by atoms with Gasteiger partial charge in [0.05, 0.1) is 0 Å². The van der Waals surface area contributed by atoms with E-state index in [0.29, 0.717) is 0 Å². The van der Waals surface area contributed by atoms with E-state index in [1.807, 2.05) is 6.07 Å². The van der Waals surface area contributed by atoms with Crippen molar-refractivity contribution in [1.82, 2.24) is 5.32 Å². The molecule has 0 bridgehead atoms. The van der Waals surface area contributed by atoms with Crippen molar-refractivity contribution in [3.8, 4) is 0 Å². The fourth-order valence-electron chi connectivity index (χ4n) is 2.76. The Kier molecular flexibility index (Phi) is 5.40. The zero-order valence-corrected chi connectivity index (χ0v) is 11.5. The summed E-state index contributed by atoms with van der Waals surface area (Å²) in [7, 11) is 0. The Bertz CT molecular complexity index is 391. The highest BCUT2D eigenvalue weighted by Gasteiger charge is 2.24. The van der Waals surface area contributed by atoms with Crippen LogP contribution < -0.4 is 11.1 Å². The number of amides is 1. The lowest BCUT2D eigenvalue weighted by Crippen LogP contribution is -2.38. The van der Waals surface area contributed by atoms with Gasteiger partial charge in [0.2, 0.25) is 5.91 Å². The molecule has 1 amide bonds. The predicted molar refractivity (Wildman–Crippen MR) is 77.7 cm³/mol. The van der Waals surface area contributed by atoms with Gasteiger partial charge in [0.25, 0.3) is 0 Å². The number of hydrogen-bond acceptors (Lipinski definition) is 2. The Morgan fingerprint density at radius 2 is 2.05 bits per heavy atom. The van der Waals surface area contributed by atoms with Crippen LogP contribution in [0.5, 0.6) is 0 Å². The van der Waals surface area contributed by atoms with E-state index < -0.39 is 0 Å². The van der Waals surface area contributed by atoms with Gasteiger partial charge < -0.3 is 11.1 Å². The first-order valence-electron chi connectivity index (χ1n) is 7.33. The number of benzene rings is 1. The minimum absolute atomic E-state index is 0.139. The number of carbonyl (C=O) groups is 1. The van der Waals surface area contributed by atoms with Gasteiger partial charge in [-0.1, -0.05) is 36.8 Å². The Balaban J connectivity index is 1.64. The Hall–Kier alpha value is -1.35. The molecule has 3 heteroatoms. The summed E-state index contributed by atoms with van der Waals surface area (Å²) in [6.45, 7) is 0.763. The molecule has 104 valence electrons. The minimum Gasteiger partial charge on any atom is -0.356 e. The van der Waals surface area contributed by atoms with Gasteiger partial charge in [0.1, 0.15) is 0 Å². The van der Waals surface area contributed by atoms with Gasteiger partial charge in [-0.05, 0) is 37.7 Å². The minimum atomic E-state index is 0.139. The number of carbonyl (C=O) groups excluding carboxylic acids is 1. The highest BCUT2D eigenvalue weighted by molar-refractivity contribution is 5.78. The third-order valence-electron chi connectivity index (χ3n) is 3.87. The fraction of sp³-hybridized carbons (Fsp3) is 0.562. The number of rotatable bonds is 5. The standard InChI is InChI=1S/C16H24N2O/c17-15-10-4-9-14(12-15)16(19)18-11-5-8-13-6-2-1-3-7-13/h1-3,6-7,14-15H,4-5,8-12,17H2,(H,18,19). The molecule has 1 fully saturated rings. The van der Waals surface area contributed by atoms with E-state index in [2.05, 4.69) is 29.6 Å². The third kappa shape index (κ3) is 4.67. The lowest BCUT2D eigenvalue weighted by Gasteiger charge is -2.25. The second-order valence-electron chi connectivity index (χ2n) is 5.50. The molecule has 3 N–H and O–H groups in total. The van der Waals surface area contributed by atoms with Crippen LogP contribution in [0.15, 0.2) is 30.3 Å². The SMILES string of the molecule is NC1CCCC(C(=O)NCCCc2ccccc2)C1. The first-order valence-corrected chi connectivity index (χ1v) is 7.33. The summed E-state index contributed by atoms with van der Waals surface area (Å²) in [6.07, 6.45) is 6.02. The van der Waals surface area contributed by atoms with Crippen molar-refractivity contribution in [2.24, 2.45) is 11.7 Å². The maximum atomic E-state index is 12.0. The molecule has 0 aliphatic heterocycles. The molecule has 0 saturated heterocycles. The summed E-state index contributed by atoms with van der Waals surface area (Å²) in [4.78, 5) is 12.0. The van der Waals surface area contributed by atoms with Crippen LogP contribution in [0.2, 0.25) is 0 Å². The maximum absolute atomic E-state index is 12.0. The number of nitrogens with two attached hydrogens (primary N) is 1. The van der Waals surface area contributed by atoms with Crippen molar-refractivity contribution in [2.45, 2.75) is 44.6 Å². The molecular formula is C16H24N2O. The largest absolute Gasteiger partial charge is 0.356 e. The van der Waals surface area contributed by atoms with Crippen LogP contribution in [0.1, 0.15) is 37.7 Å². The molecule has 1 aliphatic carbocycles. The molecule has 1 aromatic carbocycles. The quantitative estimate of drug-likeness (QED) is 0.798. The van der Waals surface area contributed by atoms with Crippen LogP contribution in [0, 0.1) is 5.92 Å². The predicted octanol–water partition coefficient (Wildman–Crippen LogP) is 2.25. The molecule has 0 heterocycles. The fourth-order valence-corrected chi connectivity index (χ4v) is 2.76. The average molecular weight is 260 g/mol. The molecule has 3 nitrogen and oxygen atoms in total. The second-order valence-corrected chi connectivity index (χ2v) is 5.50. The molecule has 0 spiro atoms.